The first-order valence-electron chi connectivity index (χ1n) is 12.6. The van der Waals surface area contributed by atoms with E-state index in [4.69, 9.17) is 0 Å². The number of hydrogen-bond donors (Lipinski definition) is 0. The van der Waals surface area contributed by atoms with Crippen LogP contribution in [-0.4, -0.2) is 0 Å². The van der Waals surface area contributed by atoms with Crippen molar-refractivity contribution in [3.63, 3.8) is 0 Å². The molecule has 5 rings (SSSR count). The van der Waals surface area contributed by atoms with Crippen LogP contribution < -0.4 is 0 Å². The molecule has 0 aliphatic heterocycles. The Morgan fingerprint density at radius 1 is 0.774 bits per heavy atom. The average molecular weight is 409 g/mol. The molecule has 0 heterocycles. The van der Waals surface area contributed by atoms with Crippen molar-refractivity contribution in [2.45, 2.75) is 70.6 Å². The molecule has 1 unspecified atom stereocenters. The fourth-order valence-electron chi connectivity index (χ4n) is 5.78. The van der Waals surface area contributed by atoms with Gasteiger partial charge in [-0.2, -0.15) is 0 Å². The Kier molecular flexibility index (Phi) is 6.54. The monoisotopic (exact) mass is 408 g/mol. The number of hydrogen-bond acceptors (Lipinski definition) is 0. The average Bonchev–Trinajstić information content (AvgIpc) is 3.17. The lowest BCUT2D eigenvalue weighted by atomic mass is 9.78. The molecule has 0 radical (unpaired) electrons. The first-order valence-corrected chi connectivity index (χ1v) is 12.6. The smallest absolute Gasteiger partial charge is 0.0281 e. The molecule has 0 aromatic heterocycles. The van der Waals surface area contributed by atoms with Crippen LogP contribution in [0.3, 0.4) is 0 Å². The van der Waals surface area contributed by atoms with E-state index in [9.17, 15) is 0 Å². The highest BCUT2D eigenvalue weighted by molar-refractivity contribution is 5.60. The van der Waals surface area contributed by atoms with Crippen LogP contribution in [0.5, 0.6) is 0 Å². The first kappa shape index (κ1) is 20.6. The maximum absolute atomic E-state index is 2.40. The predicted octanol–water partition coefficient (Wildman–Crippen LogP) is 8.39. The Morgan fingerprint density at radius 2 is 1.58 bits per heavy atom. The molecule has 160 valence electrons. The molecule has 1 fully saturated rings. The molecule has 0 spiro atoms. The molecular weight excluding hydrogens is 372 g/mol. The highest BCUT2D eigenvalue weighted by atomic mass is 14.3. The minimum atomic E-state index is 0.438. The van der Waals surface area contributed by atoms with Gasteiger partial charge in [0, 0.05) is 5.92 Å². The van der Waals surface area contributed by atoms with Crippen LogP contribution in [0.25, 0.3) is 0 Å². The van der Waals surface area contributed by atoms with E-state index < -0.39 is 0 Å². The number of aryl methyl sites for hydroxylation is 1. The van der Waals surface area contributed by atoms with Gasteiger partial charge in [-0.25, -0.2) is 0 Å². The van der Waals surface area contributed by atoms with E-state index in [1.807, 2.05) is 0 Å². The minimum Gasteiger partial charge on any atom is -0.0836 e. The molecule has 0 N–H and O–H groups in total. The van der Waals surface area contributed by atoms with E-state index >= 15 is 0 Å². The first-order chi connectivity index (χ1) is 15.4. The van der Waals surface area contributed by atoms with Gasteiger partial charge in [0.15, 0.2) is 0 Å². The summed E-state index contributed by atoms with van der Waals surface area (Å²) in [6.45, 7) is 0. The molecule has 4 aliphatic carbocycles. The molecule has 0 amide bonds. The summed E-state index contributed by atoms with van der Waals surface area (Å²) in [6, 6.07) is 9.50. The van der Waals surface area contributed by atoms with Gasteiger partial charge in [-0.3, -0.25) is 0 Å². The van der Waals surface area contributed by atoms with E-state index in [0.29, 0.717) is 5.92 Å². The van der Waals surface area contributed by atoms with Gasteiger partial charge in [-0.1, -0.05) is 111 Å². The maximum Gasteiger partial charge on any atom is 0.0281 e. The van der Waals surface area contributed by atoms with E-state index in [0.717, 1.165) is 12.3 Å². The van der Waals surface area contributed by atoms with Crippen LogP contribution in [0.4, 0.5) is 0 Å². The zero-order valence-corrected chi connectivity index (χ0v) is 18.9. The van der Waals surface area contributed by atoms with E-state index in [-0.39, 0.29) is 0 Å². The second-order valence-corrected chi connectivity index (χ2v) is 9.83. The SMILES string of the molecule is C1=CC2C(C3=CCCC=C3)=CC=C(Cc3ccc(CCC4CCCCCC4)cc3)C2=C1. The van der Waals surface area contributed by atoms with Gasteiger partial charge in [-0.05, 0) is 71.4 Å². The van der Waals surface area contributed by atoms with E-state index in [2.05, 4.69) is 72.9 Å². The standard InChI is InChI=1S/C31H36/c1-2-5-10-24(9-4-1)15-16-25-17-19-26(20-18-25)23-28-21-22-30(27-11-6-3-7-12-27)31-14-8-13-29(28)31/h6,8,11-14,17-22,24,31H,1-5,7,9-10,15-16,23H2. The van der Waals surface area contributed by atoms with Crippen LogP contribution in [0.15, 0.2) is 95.2 Å². The molecule has 0 nitrogen and oxygen atoms in total. The number of rotatable bonds is 6. The lowest BCUT2D eigenvalue weighted by molar-refractivity contribution is 0.428. The van der Waals surface area contributed by atoms with Crippen LogP contribution >= 0.6 is 0 Å². The van der Waals surface area contributed by atoms with Gasteiger partial charge in [0.2, 0.25) is 0 Å². The molecule has 1 aromatic rings. The largest absolute Gasteiger partial charge is 0.0836 e. The molecule has 1 aromatic carbocycles. The molecular formula is C31H36. The number of fused-ring (bicyclic) bond motifs is 1. The Hall–Kier alpha value is -2.34. The fourth-order valence-corrected chi connectivity index (χ4v) is 5.78. The highest BCUT2D eigenvalue weighted by Gasteiger charge is 2.26. The Morgan fingerprint density at radius 3 is 2.35 bits per heavy atom. The second-order valence-electron chi connectivity index (χ2n) is 9.83. The van der Waals surface area contributed by atoms with E-state index in [1.54, 1.807) is 0 Å². The number of allylic oxidation sites excluding steroid dienone is 12. The second kappa shape index (κ2) is 9.86. The summed E-state index contributed by atoms with van der Waals surface area (Å²) < 4.78 is 0. The summed E-state index contributed by atoms with van der Waals surface area (Å²) in [5.74, 6) is 1.40. The lowest BCUT2D eigenvalue weighted by Crippen LogP contribution is -2.12. The molecule has 0 heteroatoms. The lowest BCUT2D eigenvalue weighted by Gasteiger charge is -2.26. The highest BCUT2D eigenvalue weighted by Crippen LogP contribution is 2.40. The molecule has 31 heavy (non-hydrogen) atoms. The van der Waals surface area contributed by atoms with E-state index in [1.165, 1.54) is 97.6 Å². The Balaban J connectivity index is 1.23. The molecule has 0 saturated heterocycles. The van der Waals surface area contributed by atoms with Gasteiger partial charge in [0.25, 0.3) is 0 Å². The van der Waals surface area contributed by atoms with Crippen LogP contribution in [-0.2, 0) is 12.8 Å². The summed E-state index contributed by atoms with van der Waals surface area (Å²) in [5, 5.41) is 0. The van der Waals surface area contributed by atoms with Crippen molar-refractivity contribution in [2.24, 2.45) is 11.8 Å². The summed E-state index contributed by atoms with van der Waals surface area (Å²) in [6.07, 6.45) is 33.5. The van der Waals surface area contributed by atoms with Gasteiger partial charge >= 0.3 is 0 Å². The quantitative estimate of drug-likeness (QED) is 0.415. The topological polar surface area (TPSA) is 0 Å². The van der Waals surface area contributed by atoms with Crippen molar-refractivity contribution in [3.05, 3.63) is 106 Å². The van der Waals surface area contributed by atoms with Crippen molar-refractivity contribution >= 4 is 0 Å². The normalized spacial score (nSPS) is 23.5. The molecule has 1 saturated carbocycles. The van der Waals surface area contributed by atoms with Crippen LogP contribution in [0, 0.1) is 11.8 Å². The molecule has 1 atom stereocenters. The van der Waals surface area contributed by atoms with Crippen molar-refractivity contribution in [2.75, 3.05) is 0 Å². The maximum atomic E-state index is 2.40. The van der Waals surface area contributed by atoms with Gasteiger partial charge in [-0.15, -0.1) is 0 Å². The van der Waals surface area contributed by atoms with Gasteiger partial charge in [0.1, 0.15) is 0 Å². The zero-order valence-electron chi connectivity index (χ0n) is 18.9. The number of benzene rings is 1. The zero-order chi connectivity index (χ0) is 20.9. The van der Waals surface area contributed by atoms with Crippen molar-refractivity contribution < 1.29 is 0 Å². The third kappa shape index (κ3) is 4.95. The summed E-state index contributed by atoms with van der Waals surface area (Å²) in [5.41, 5.74) is 8.81. The van der Waals surface area contributed by atoms with Crippen molar-refractivity contribution in [1.82, 2.24) is 0 Å². The Bertz CT molecular complexity index is 950. The van der Waals surface area contributed by atoms with Crippen LogP contribution in [0.2, 0.25) is 0 Å². The predicted molar refractivity (Wildman–Crippen MR) is 133 cm³/mol. The minimum absolute atomic E-state index is 0.438. The van der Waals surface area contributed by atoms with Crippen molar-refractivity contribution in [1.29, 1.82) is 0 Å². The third-order valence-electron chi connectivity index (χ3n) is 7.65. The molecule has 0 bridgehead atoms. The van der Waals surface area contributed by atoms with Crippen LogP contribution in [0.1, 0.15) is 68.9 Å². The van der Waals surface area contributed by atoms with Crippen molar-refractivity contribution in [3.8, 4) is 0 Å². The Labute approximate surface area is 188 Å². The fraction of sp³-hybridized carbons (Fsp3) is 0.419. The summed E-state index contributed by atoms with van der Waals surface area (Å²) in [4.78, 5) is 0. The summed E-state index contributed by atoms with van der Waals surface area (Å²) in [7, 11) is 0. The van der Waals surface area contributed by atoms with Gasteiger partial charge in [0.05, 0.1) is 0 Å². The van der Waals surface area contributed by atoms with Gasteiger partial charge < -0.3 is 0 Å². The summed E-state index contributed by atoms with van der Waals surface area (Å²) >= 11 is 0. The molecule has 4 aliphatic rings. The third-order valence-corrected chi connectivity index (χ3v) is 7.65.